The van der Waals surface area contributed by atoms with Crippen molar-refractivity contribution in [3.8, 4) is 0 Å². The van der Waals surface area contributed by atoms with Crippen LogP contribution in [0.2, 0.25) is 0 Å². The van der Waals surface area contributed by atoms with Gasteiger partial charge in [0.1, 0.15) is 4.90 Å². The van der Waals surface area contributed by atoms with Crippen LogP contribution in [-0.4, -0.2) is 41.8 Å². The van der Waals surface area contributed by atoms with E-state index in [4.69, 9.17) is 0 Å². The summed E-state index contributed by atoms with van der Waals surface area (Å²) in [7, 11) is -0.947. The predicted molar refractivity (Wildman–Crippen MR) is 103 cm³/mol. The van der Waals surface area contributed by atoms with Crippen molar-refractivity contribution in [3.05, 3.63) is 58.6 Å². The van der Waals surface area contributed by atoms with Gasteiger partial charge in [0.05, 0.1) is 12.1 Å². The number of hydrogen-bond donors (Lipinski definition) is 2. The average Bonchev–Trinajstić information content (AvgIpc) is 3.05. The van der Waals surface area contributed by atoms with Crippen LogP contribution in [0.1, 0.15) is 5.56 Å². The summed E-state index contributed by atoms with van der Waals surface area (Å²) in [6.07, 6.45) is 3.19. The molecular weight excluding hydrogens is 368 g/mol. The number of anilines is 1. The first-order valence-electron chi connectivity index (χ1n) is 8.19. The summed E-state index contributed by atoms with van der Waals surface area (Å²) in [5, 5.41) is 3.33. The second kappa shape index (κ2) is 7.01. The van der Waals surface area contributed by atoms with Gasteiger partial charge in [-0.2, -0.15) is 4.31 Å². The number of fused-ring (bicyclic) bond motifs is 1. The van der Waals surface area contributed by atoms with Gasteiger partial charge in [0.25, 0.3) is 5.56 Å². The third kappa shape index (κ3) is 3.79. The van der Waals surface area contributed by atoms with Crippen LogP contribution in [0.5, 0.6) is 0 Å². The standard InChI is InChI=1S/C18H20N4O4S/c1-12-8-13-4-6-19-18(13)15(9-12)27(25,26)22(3)11-16(23)20-14-5-7-21(2)17(24)10-14/h4-10,19H,11H2,1-3H3,(H,20,23). The number of H-pyrrole nitrogens is 1. The van der Waals surface area contributed by atoms with E-state index in [2.05, 4.69) is 10.3 Å². The molecule has 8 nitrogen and oxygen atoms in total. The summed E-state index contributed by atoms with van der Waals surface area (Å²) >= 11 is 0. The van der Waals surface area contributed by atoms with Gasteiger partial charge in [0.2, 0.25) is 15.9 Å². The SMILES string of the molecule is Cc1cc(S(=O)(=O)N(C)CC(=O)Nc2ccn(C)c(=O)c2)c2[nH]ccc2c1. The number of carbonyl (C=O) groups is 1. The van der Waals surface area contributed by atoms with Gasteiger partial charge >= 0.3 is 0 Å². The molecule has 0 bridgehead atoms. The molecule has 2 heterocycles. The van der Waals surface area contributed by atoms with Crippen molar-refractivity contribution in [1.29, 1.82) is 0 Å². The van der Waals surface area contributed by atoms with Gasteiger partial charge in [-0.15, -0.1) is 0 Å². The van der Waals surface area contributed by atoms with Gasteiger partial charge in [0.15, 0.2) is 0 Å². The van der Waals surface area contributed by atoms with Crippen LogP contribution in [0.15, 0.2) is 52.4 Å². The number of carbonyl (C=O) groups excluding carboxylic acids is 1. The molecule has 9 heteroatoms. The number of aryl methyl sites for hydroxylation is 2. The number of likely N-dealkylation sites (N-methyl/N-ethyl adjacent to an activating group) is 1. The van der Waals surface area contributed by atoms with Crippen LogP contribution in [-0.2, 0) is 21.9 Å². The topological polar surface area (TPSA) is 104 Å². The lowest BCUT2D eigenvalue weighted by molar-refractivity contribution is -0.116. The minimum absolute atomic E-state index is 0.117. The Labute approximate surface area is 156 Å². The van der Waals surface area contributed by atoms with E-state index in [9.17, 15) is 18.0 Å². The number of nitrogens with one attached hydrogen (secondary N) is 2. The molecule has 0 spiro atoms. The van der Waals surface area contributed by atoms with Crippen LogP contribution in [0.3, 0.4) is 0 Å². The van der Waals surface area contributed by atoms with E-state index in [1.807, 2.05) is 13.0 Å². The number of hydrogen-bond acceptors (Lipinski definition) is 4. The maximum Gasteiger partial charge on any atom is 0.252 e. The summed E-state index contributed by atoms with van der Waals surface area (Å²) in [6, 6.07) is 8.09. The molecule has 0 aliphatic carbocycles. The monoisotopic (exact) mass is 388 g/mol. The van der Waals surface area contributed by atoms with Gasteiger partial charge in [-0.1, -0.05) is 0 Å². The zero-order valence-corrected chi connectivity index (χ0v) is 16.0. The molecule has 0 unspecified atom stereocenters. The zero-order valence-electron chi connectivity index (χ0n) is 15.2. The molecule has 0 aliphatic heterocycles. The van der Waals surface area contributed by atoms with Crippen molar-refractivity contribution in [2.24, 2.45) is 7.05 Å². The van der Waals surface area contributed by atoms with Crippen LogP contribution < -0.4 is 10.9 Å². The number of nitrogens with zero attached hydrogens (tertiary/aromatic N) is 2. The minimum atomic E-state index is -3.88. The lowest BCUT2D eigenvalue weighted by Gasteiger charge is -2.18. The first kappa shape index (κ1) is 18.9. The van der Waals surface area contributed by atoms with E-state index >= 15 is 0 Å². The molecule has 142 valence electrons. The number of pyridine rings is 1. The molecule has 2 aromatic heterocycles. The third-order valence-electron chi connectivity index (χ3n) is 4.21. The van der Waals surface area contributed by atoms with Crippen molar-refractivity contribution >= 4 is 32.5 Å². The van der Waals surface area contributed by atoms with Gasteiger partial charge in [-0.25, -0.2) is 8.42 Å². The Balaban J connectivity index is 1.82. The molecule has 0 saturated carbocycles. The van der Waals surface area contributed by atoms with Gasteiger partial charge in [-0.3, -0.25) is 9.59 Å². The predicted octanol–water partition coefficient (Wildman–Crippen LogP) is 1.43. The molecule has 27 heavy (non-hydrogen) atoms. The zero-order chi connectivity index (χ0) is 19.8. The van der Waals surface area contributed by atoms with E-state index in [1.165, 1.54) is 23.9 Å². The van der Waals surface area contributed by atoms with E-state index in [1.54, 1.807) is 31.4 Å². The Hall–Kier alpha value is -2.91. The maximum atomic E-state index is 13.0. The summed E-state index contributed by atoms with van der Waals surface area (Å²) in [6.45, 7) is 1.43. The van der Waals surface area contributed by atoms with Gasteiger partial charge < -0.3 is 14.9 Å². The lowest BCUT2D eigenvalue weighted by Crippen LogP contribution is -2.35. The van der Waals surface area contributed by atoms with Crippen molar-refractivity contribution in [2.45, 2.75) is 11.8 Å². The number of aromatic amines is 1. The van der Waals surface area contributed by atoms with Crippen LogP contribution >= 0.6 is 0 Å². The molecule has 2 N–H and O–H groups in total. The molecule has 3 rings (SSSR count). The van der Waals surface area contributed by atoms with Crippen LogP contribution in [0.25, 0.3) is 10.9 Å². The maximum absolute atomic E-state index is 13.0. The molecule has 0 saturated heterocycles. The average molecular weight is 388 g/mol. The second-order valence-corrected chi connectivity index (χ2v) is 8.39. The minimum Gasteiger partial charge on any atom is -0.360 e. The molecule has 1 amide bonds. The van der Waals surface area contributed by atoms with E-state index in [-0.39, 0.29) is 17.0 Å². The molecule has 1 aromatic carbocycles. The summed E-state index contributed by atoms with van der Waals surface area (Å²) in [4.78, 5) is 26.9. The molecular formula is C18H20N4O4S. The van der Waals surface area contributed by atoms with Crippen molar-refractivity contribution in [2.75, 3.05) is 18.9 Å². The van der Waals surface area contributed by atoms with Crippen LogP contribution in [0.4, 0.5) is 5.69 Å². The normalized spacial score (nSPS) is 11.9. The number of rotatable bonds is 5. The summed E-state index contributed by atoms with van der Waals surface area (Å²) in [5.74, 6) is -0.537. The Morgan fingerprint density at radius 1 is 1.26 bits per heavy atom. The first-order chi connectivity index (χ1) is 12.7. The number of aromatic nitrogens is 2. The van der Waals surface area contributed by atoms with Gasteiger partial charge in [-0.05, 0) is 36.8 Å². The Morgan fingerprint density at radius 2 is 2.00 bits per heavy atom. The largest absolute Gasteiger partial charge is 0.360 e. The Bertz CT molecular complexity index is 1180. The number of sulfonamides is 1. The van der Waals surface area contributed by atoms with Gasteiger partial charge in [0, 0.05) is 43.6 Å². The Kier molecular flexibility index (Phi) is 4.90. The number of amides is 1. The van der Waals surface area contributed by atoms with Crippen LogP contribution in [0, 0.1) is 6.92 Å². The third-order valence-corrected chi connectivity index (χ3v) is 6.04. The highest BCUT2D eigenvalue weighted by molar-refractivity contribution is 7.89. The molecule has 3 aromatic rings. The number of benzene rings is 1. The van der Waals surface area contributed by atoms with E-state index < -0.39 is 15.9 Å². The fourth-order valence-corrected chi connectivity index (χ4v) is 4.16. The second-order valence-electron chi connectivity index (χ2n) is 6.38. The fourth-order valence-electron chi connectivity index (χ4n) is 2.77. The summed E-state index contributed by atoms with van der Waals surface area (Å²) in [5.41, 5.74) is 1.34. The highest BCUT2D eigenvalue weighted by Gasteiger charge is 2.26. The summed E-state index contributed by atoms with van der Waals surface area (Å²) < 4.78 is 28.3. The van der Waals surface area contributed by atoms with E-state index in [0.717, 1.165) is 15.3 Å². The Morgan fingerprint density at radius 3 is 2.70 bits per heavy atom. The highest BCUT2D eigenvalue weighted by atomic mass is 32.2. The van der Waals surface area contributed by atoms with Crippen molar-refractivity contribution < 1.29 is 13.2 Å². The highest BCUT2D eigenvalue weighted by Crippen LogP contribution is 2.26. The molecule has 0 aliphatic rings. The molecule has 0 atom stereocenters. The van der Waals surface area contributed by atoms with Crippen molar-refractivity contribution in [1.82, 2.24) is 13.9 Å². The quantitative estimate of drug-likeness (QED) is 0.690. The molecule has 0 fully saturated rings. The first-order valence-corrected chi connectivity index (χ1v) is 9.63. The molecule has 0 radical (unpaired) electrons. The van der Waals surface area contributed by atoms with Crippen molar-refractivity contribution in [3.63, 3.8) is 0 Å². The lowest BCUT2D eigenvalue weighted by atomic mass is 10.2. The van der Waals surface area contributed by atoms with E-state index in [0.29, 0.717) is 11.2 Å². The fraction of sp³-hybridized carbons (Fsp3) is 0.222. The smallest absolute Gasteiger partial charge is 0.252 e.